The number of hydrogen-bond donors (Lipinski definition) is 0. The smallest absolute Gasteiger partial charge is 0.135 e. The molecule has 0 aromatic heterocycles. The third-order valence-electron chi connectivity index (χ3n) is 1.43. The van der Waals surface area contributed by atoms with E-state index in [1.165, 1.54) is 12.1 Å². The van der Waals surface area contributed by atoms with Crippen LogP contribution in [0.1, 0.15) is 6.92 Å². The Morgan fingerprint density at radius 2 is 2.25 bits per heavy atom. The SMILES string of the molecule is CCSc1ccc(F)cc1OC. The maximum absolute atomic E-state index is 12.7. The maximum Gasteiger partial charge on any atom is 0.135 e. The van der Waals surface area contributed by atoms with Gasteiger partial charge in [-0.05, 0) is 17.9 Å². The molecule has 3 heteroatoms. The summed E-state index contributed by atoms with van der Waals surface area (Å²) in [5.74, 6) is 1.32. The van der Waals surface area contributed by atoms with Crippen LogP contribution in [0.3, 0.4) is 0 Å². The molecule has 1 nitrogen and oxygen atoms in total. The van der Waals surface area contributed by atoms with Gasteiger partial charge in [-0.25, -0.2) is 4.39 Å². The average molecular weight is 186 g/mol. The van der Waals surface area contributed by atoms with E-state index in [1.54, 1.807) is 24.9 Å². The zero-order chi connectivity index (χ0) is 8.97. The summed E-state index contributed by atoms with van der Waals surface area (Å²) in [5, 5.41) is 0. The summed E-state index contributed by atoms with van der Waals surface area (Å²) in [5.41, 5.74) is 0. The topological polar surface area (TPSA) is 9.23 Å². The third kappa shape index (κ3) is 2.14. The van der Waals surface area contributed by atoms with Crippen molar-refractivity contribution in [2.75, 3.05) is 12.9 Å². The van der Waals surface area contributed by atoms with E-state index in [0.717, 1.165) is 10.6 Å². The Morgan fingerprint density at radius 1 is 1.50 bits per heavy atom. The van der Waals surface area contributed by atoms with Gasteiger partial charge in [-0.2, -0.15) is 0 Å². The minimum absolute atomic E-state index is 0.257. The lowest BCUT2D eigenvalue weighted by Gasteiger charge is -2.05. The molecule has 0 radical (unpaired) electrons. The summed E-state index contributed by atoms with van der Waals surface area (Å²) < 4.78 is 17.7. The highest BCUT2D eigenvalue weighted by Crippen LogP contribution is 2.29. The first-order valence-electron chi connectivity index (χ1n) is 3.74. The predicted octanol–water partition coefficient (Wildman–Crippen LogP) is 2.95. The Bertz CT molecular complexity index is 263. The second kappa shape index (κ2) is 4.36. The molecule has 0 saturated heterocycles. The van der Waals surface area contributed by atoms with Gasteiger partial charge in [-0.1, -0.05) is 6.92 Å². The van der Waals surface area contributed by atoms with Crippen molar-refractivity contribution >= 4 is 11.8 Å². The molecule has 0 spiro atoms. The molecule has 0 aliphatic rings. The average Bonchev–Trinajstić information content (AvgIpc) is 2.08. The predicted molar refractivity (Wildman–Crippen MR) is 49.4 cm³/mol. The highest BCUT2D eigenvalue weighted by atomic mass is 32.2. The molecule has 0 aliphatic carbocycles. The van der Waals surface area contributed by atoms with Gasteiger partial charge in [0.15, 0.2) is 0 Å². The second-order valence-electron chi connectivity index (χ2n) is 2.23. The van der Waals surface area contributed by atoms with Crippen LogP contribution in [0, 0.1) is 5.82 Å². The van der Waals surface area contributed by atoms with Crippen molar-refractivity contribution in [2.45, 2.75) is 11.8 Å². The Morgan fingerprint density at radius 3 is 2.83 bits per heavy atom. The van der Waals surface area contributed by atoms with Crippen LogP contribution < -0.4 is 4.74 Å². The number of hydrogen-bond acceptors (Lipinski definition) is 2. The van der Waals surface area contributed by atoms with E-state index in [1.807, 2.05) is 6.92 Å². The molecule has 0 atom stereocenters. The molecular weight excluding hydrogens is 175 g/mol. The molecular formula is C9H11FOS. The van der Waals surface area contributed by atoms with E-state index in [9.17, 15) is 4.39 Å². The molecule has 1 aromatic rings. The quantitative estimate of drug-likeness (QED) is 0.671. The minimum atomic E-state index is -0.257. The van der Waals surface area contributed by atoms with E-state index in [-0.39, 0.29) is 5.82 Å². The van der Waals surface area contributed by atoms with Gasteiger partial charge in [0.05, 0.1) is 7.11 Å². The van der Waals surface area contributed by atoms with E-state index in [4.69, 9.17) is 4.74 Å². The third-order valence-corrected chi connectivity index (χ3v) is 2.36. The van der Waals surface area contributed by atoms with Crippen LogP contribution in [-0.4, -0.2) is 12.9 Å². The number of benzene rings is 1. The summed E-state index contributed by atoms with van der Waals surface area (Å²) in [6.07, 6.45) is 0. The molecule has 66 valence electrons. The normalized spacial score (nSPS) is 9.92. The van der Waals surface area contributed by atoms with Crippen LogP contribution in [0.2, 0.25) is 0 Å². The van der Waals surface area contributed by atoms with Gasteiger partial charge in [0.1, 0.15) is 11.6 Å². The van der Waals surface area contributed by atoms with Crippen molar-refractivity contribution in [1.29, 1.82) is 0 Å². The highest BCUT2D eigenvalue weighted by Gasteiger charge is 2.02. The van der Waals surface area contributed by atoms with Gasteiger partial charge in [-0.3, -0.25) is 0 Å². The van der Waals surface area contributed by atoms with Crippen molar-refractivity contribution in [3.05, 3.63) is 24.0 Å². The number of methoxy groups -OCH3 is 1. The van der Waals surface area contributed by atoms with E-state index < -0.39 is 0 Å². The van der Waals surface area contributed by atoms with Gasteiger partial charge >= 0.3 is 0 Å². The van der Waals surface area contributed by atoms with E-state index in [0.29, 0.717) is 5.75 Å². The zero-order valence-corrected chi connectivity index (χ0v) is 7.95. The van der Waals surface area contributed by atoms with Crippen molar-refractivity contribution in [3.8, 4) is 5.75 Å². The monoisotopic (exact) mass is 186 g/mol. The molecule has 0 amide bonds. The number of halogens is 1. The fourth-order valence-electron chi connectivity index (χ4n) is 0.916. The molecule has 0 fully saturated rings. The molecule has 0 unspecified atom stereocenters. The summed E-state index contributed by atoms with van der Waals surface area (Å²) in [6.45, 7) is 2.05. The molecule has 0 bridgehead atoms. The number of rotatable bonds is 3. The zero-order valence-electron chi connectivity index (χ0n) is 7.13. The fourth-order valence-corrected chi connectivity index (χ4v) is 1.68. The lowest BCUT2D eigenvalue weighted by Crippen LogP contribution is -1.87. The molecule has 0 saturated carbocycles. The van der Waals surface area contributed by atoms with Crippen molar-refractivity contribution in [2.24, 2.45) is 0 Å². The van der Waals surface area contributed by atoms with Crippen LogP contribution in [-0.2, 0) is 0 Å². The Balaban J connectivity index is 2.94. The van der Waals surface area contributed by atoms with Gasteiger partial charge in [-0.15, -0.1) is 11.8 Å². The largest absolute Gasteiger partial charge is 0.495 e. The summed E-state index contributed by atoms with van der Waals surface area (Å²) >= 11 is 1.64. The van der Waals surface area contributed by atoms with Crippen LogP contribution in [0.4, 0.5) is 4.39 Å². The first-order chi connectivity index (χ1) is 5.77. The second-order valence-corrected chi connectivity index (χ2v) is 3.53. The van der Waals surface area contributed by atoms with Gasteiger partial charge in [0, 0.05) is 11.0 Å². The molecule has 0 N–H and O–H groups in total. The standard InChI is InChI=1S/C9H11FOS/c1-3-12-9-5-4-7(10)6-8(9)11-2/h4-6H,3H2,1-2H3. The molecule has 1 aromatic carbocycles. The molecule has 0 heterocycles. The van der Waals surface area contributed by atoms with Crippen LogP contribution in [0.25, 0.3) is 0 Å². The van der Waals surface area contributed by atoms with Crippen LogP contribution >= 0.6 is 11.8 Å². The summed E-state index contributed by atoms with van der Waals surface area (Å²) in [6, 6.07) is 4.58. The molecule has 1 rings (SSSR count). The Labute approximate surface area is 75.9 Å². The van der Waals surface area contributed by atoms with Crippen molar-refractivity contribution < 1.29 is 9.13 Å². The van der Waals surface area contributed by atoms with Gasteiger partial charge in [0.25, 0.3) is 0 Å². The first-order valence-corrected chi connectivity index (χ1v) is 4.72. The summed E-state index contributed by atoms with van der Waals surface area (Å²) in [7, 11) is 1.55. The van der Waals surface area contributed by atoms with E-state index >= 15 is 0 Å². The highest BCUT2D eigenvalue weighted by molar-refractivity contribution is 7.99. The Kier molecular flexibility index (Phi) is 3.41. The first kappa shape index (κ1) is 9.39. The number of thioether (sulfide) groups is 1. The Hall–Kier alpha value is -0.700. The molecule has 0 aliphatic heterocycles. The molecule has 12 heavy (non-hydrogen) atoms. The number of ether oxygens (including phenoxy) is 1. The van der Waals surface area contributed by atoms with Crippen molar-refractivity contribution in [1.82, 2.24) is 0 Å². The van der Waals surface area contributed by atoms with Crippen LogP contribution in [0.5, 0.6) is 5.75 Å². The minimum Gasteiger partial charge on any atom is -0.495 e. The van der Waals surface area contributed by atoms with Crippen molar-refractivity contribution in [3.63, 3.8) is 0 Å². The van der Waals surface area contributed by atoms with Gasteiger partial charge < -0.3 is 4.74 Å². The van der Waals surface area contributed by atoms with Gasteiger partial charge in [0.2, 0.25) is 0 Å². The fraction of sp³-hybridized carbons (Fsp3) is 0.333. The van der Waals surface area contributed by atoms with Crippen LogP contribution in [0.15, 0.2) is 23.1 Å². The van der Waals surface area contributed by atoms with E-state index in [2.05, 4.69) is 0 Å². The maximum atomic E-state index is 12.7. The lowest BCUT2D eigenvalue weighted by molar-refractivity contribution is 0.401. The lowest BCUT2D eigenvalue weighted by atomic mass is 10.3. The summed E-state index contributed by atoms with van der Waals surface area (Å²) in [4.78, 5) is 0.987.